The van der Waals surface area contributed by atoms with Crippen LogP contribution in [0.25, 0.3) is 4.85 Å². The number of amides is 1. The zero-order valence-electron chi connectivity index (χ0n) is 5.01. The minimum Gasteiger partial charge on any atom is -0.293 e. The van der Waals surface area contributed by atoms with Crippen molar-refractivity contribution in [3.8, 4) is 0 Å². The summed E-state index contributed by atoms with van der Waals surface area (Å²) >= 11 is 0. The summed E-state index contributed by atoms with van der Waals surface area (Å²) in [5.74, 6) is -0.0685. The summed E-state index contributed by atoms with van der Waals surface area (Å²) in [4.78, 5) is 14.7. The topological polar surface area (TPSA) is 24.7 Å². The molecule has 0 aromatic heterocycles. The molecule has 3 heteroatoms. The van der Waals surface area contributed by atoms with Crippen molar-refractivity contribution in [2.75, 3.05) is 13.7 Å². The molecular formula is C5H8N2O. The van der Waals surface area contributed by atoms with Crippen LogP contribution in [0.2, 0.25) is 0 Å². The Labute approximate surface area is 48.7 Å². The Morgan fingerprint density at radius 3 is 2.50 bits per heavy atom. The molecule has 0 aliphatic heterocycles. The first kappa shape index (κ1) is 6.96. The zero-order valence-corrected chi connectivity index (χ0v) is 5.01. The molecule has 44 valence electrons. The molecule has 0 saturated carbocycles. The number of carbonyl (C=O) groups excluding carboxylic acids is 1. The van der Waals surface area contributed by atoms with E-state index in [2.05, 4.69) is 4.85 Å². The SMILES string of the molecule is [C-]#[N+]CN(C)C(C)=O. The van der Waals surface area contributed by atoms with Gasteiger partial charge in [-0.25, -0.2) is 6.57 Å². The maximum atomic E-state index is 10.3. The van der Waals surface area contributed by atoms with E-state index in [1.807, 2.05) is 0 Å². The summed E-state index contributed by atoms with van der Waals surface area (Å²) in [5.41, 5.74) is 0. The van der Waals surface area contributed by atoms with Crippen LogP contribution in [0.1, 0.15) is 6.92 Å². The quantitative estimate of drug-likeness (QED) is 0.449. The molecule has 0 bridgehead atoms. The van der Waals surface area contributed by atoms with E-state index in [-0.39, 0.29) is 12.6 Å². The standard InChI is InChI=1S/C5H8N2O/c1-5(8)7(3)4-6-2/h4H2,1,3H3. The van der Waals surface area contributed by atoms with E-state index in [4.69, 9.17) is 6.57 Å². The molecule has 0 aromatic rings. The van der Waals surface area contributed by atoms with Gasteiger partial charge in [0.25, 0.3) is 6.67 Å². The number of rotatable bonds is 1. The molecule has 0 spiro atoms. The predicted octanol–water partition coefficient (Wildman–Crippen LogP) is 0.341. The van der Waals surface area contributed by atoms with Gasteiger partial charge in [0.2, 0.25) is 5.91 Å². The molecular weight excluding hydrogens is 104 g/mol. The average Bonchev–Trinajstić information content (AvgIpc) is 1.67. The van der Waals surface area contributed by atoms with Crippen molar-refractivity contribution in [2.24, 2.45) is 0 Å². The highest BCUT2D eigenvalue weighted by Crippen LogP contribution is 1.81. The Morgan fingerprint density at radius 1 is 1.88 bits per heavy atom. The second-order valence-electron chi connectivity index (χ2n) is 1.52. The fourth-order valence-corrected chi connectivity index (χ4v) is 0.206. The Bertz CT molecular complexity index is 125. The molecule has 0 saturated heterocycles. The molecule has 0 atom stereocenters. The van der Waals surface area contributed by atoms with Crippen LogP contribution in [0, 0.1) is 6.57 Å². The molecule has 0 heterocycles. The number of nitrogens with zero attached hydrogens (tertiary/aromatic N) is 2. The van der Waals surface area contributed by atoms with E-state index in [1.165, 1.54) is 11.8 Å². The molecule has 0 aromatic carbocycles. The predicted molar refractivity (Wildman–Crippen MR) is 29.9 cm³/mol. The van der Waals surface area contributed by atoms with Crippen LogP contribution in [-0.4, -0.2) is 24.5 Å². The first-order chi connectivity index (χ1) is 3.68. The van der Waals surface area contributed by atoms with E-state index in [1.54, 1.807) is 7.05 Å². The van der Waals surface area contributed by atoms with Gasteiger partial charge in [-0.2, -0.15) is 0 Å². The van der Waals surface area contributed by atoms with Crippen molar-refractivity contribution in [3.63, 3.8) is 0 Å². The zero-order chi connectivity index (χ0) is 6.57. The van der Waals surface area contributed by atoms with Crippen LogP contribution in [-0.2, 0) is 4.79 Å². The fraction of sp³-hybridized carbons (Fsp3) is 0.600. The van der Waals surface area contributed by atoms with Crippen molar-refractivity contribution in [1.82, 2.24) is 4.90 Å². The van der Waals surface area contributed by atoms with Gasteiger partial charge in [-0.05, 0) is 0 Å². The Hall–Kier alpha value is -1.04. The average molecular weight is 112 g/mol. The van der Waals surface area contributed by atoms with Gasteiger partial charge in [0.05, 0.1) is 0 Å². The van der Waals surface area contributed by atoms with Gasteiger partial charge < -0.3 is 0 Å². The van der Waals surface area contributed by atoms with Crippen LogP contribution in [0.4, 0.5) is 0 Å². The molecule has 1 amide bonds. The molecule has 0 fully saturated rings. The second kappa shape index (κ2) is 3.03. The Morgan fingerprint density at radius 2 is 2.38 bits per heavy atom. The summed E-state index contributed by atoms with van der Waals surface area (Å²) < 4.78 is 0. The summed E-state index contributed by atoms with van der Waals surface area (Å²) in [6, 6.07) is 0. The maximum absolute atomic E-state index is 10.3. The summed E-state index contributed by atoms with van der Waals surface area (Å²) in [6.45, 7) is 7.96. The summed E-state index contributed by atoms with van der Waals surface area (Å²) in [5, 5.41) is 0. The first-order valence-electron chi connectivity index (χ1n) is 2.23. The van der Waals surface area contributed by atoms with E-state index in [0.717, 1.165) is 0 Å². The van der Waals surface area contributed by atoms with Crippen molar-refractivity contribution >= 4 is 5.91 Å². The first-order valence-corrected chi connectivity index (χ1v) is 2.23. The van der Waals surface area contributed by atoms with Crippen molar-refractivity contribution < 1.29 is 4.79 Å². The van der Waals surface area contributed by atoms with E-state index in [0.29, 0.717) is 0 Å². The van der Waals surface area contributed by atoms with Crippen LogP contribution < -0.4 is 0 Å². The lowest BCUT2D eigenvalue weighted by Crippen LogP contribution is -2.22. The van der Waals surface area contributed by atoms with Crippen molar-refractivity contribution in [3.05, 3.63) is 11.4 Å². The fourth-order valence-electron chi connectivity index (χ4n) is 0.206. The van der Waals surface area contributed by atoms with Gasteiger partial charge in [-0.1, -0.05) is 0 Å². The van der Waals surface area contributed by atoms with Gasteiger partial charge in [-0.15, -0.1) is 0 Å². The van der Waals surface area contributed by atoms with Crippen molar-refractivity contribution in [2.45, 2.75) is 6.92 Å². The van der Waals surface area contributed by atoms with Crippen LogP contribution in [0.5, 0.6) is 0 Å². The summed E-state index contributed by atoms with van der Waals surface area (Å²) in [6.07, 6.45) is 0. The lowest BCUT2D eigenvalue weighted by Gasteiger charge is -2.03. The van der Waals surface area contributed by atoms with E-state index < -0.39 is 0 Å². The molecule has 0 rings (SSSR count). The third kappa shape index (κ3) is 2.19. The highest BCUT2D eigenvalue weighted by molar-refractivity contribution is 5.72. The van der Waals surface area contributed by atoms with Crippen LogP contribution in [0.3, 0.4) is 0 Å². The van der Waals surface area contributed by atoms with Gasteiger partial charge in [-0.3, -0.25) is 14.5 Å². The van der Waals surface area contributed by atoms with E-state index >= 15 is 0 Å². The smallest absolute Gasteiger partial charge is 0.291 e. The van der Waals surface area contributed by atoms with Gasteiger partial charge in [0.1, 0.15) is 0 Å². The highest BCUT2D eigenvalue weighted by Gasteiger charge is 2.00. The third-order valence-electron chi connectivity index (χ3n) is 0.820. The number of hydrogen-bond donors (Lipinski definition) is 0. The van der Waals surface area contributed by atoms with Crippen LogP contribution in [0.15, 0.2) is 0 Å². The van der Waals surface area contributed by atoms with Gasteiger partial charge in [0, 0.05) is 14.0 Å². The summed E-state index contributed by atoms with van der Waals surface area (Å²) in [7, 11) is 1.60. The normalized spacial score (nSPS) is 7.62. The second-order valence-corrected chi connectivity index (χ2v) is 1.52. The van der Waals surface area contributed by atoms with Gasteiger partial charge >= 0.3 is 0 Å². The van der Waals surface area contributed by atoms with E-state index in [9.17, 15) is 4.79 Å². The lowest BCUT2D eigenvalue weighted by atomic mass is 10.6. The molecule has 0 aliphatic rings. The molecule has 3 nitrogen and oxygen atoms in total. The maximum Gasteiger partial charge on any atom is 0.291 e. The molecule has 0 aliphatic carbocycles. The van der Waals surface area contributed by atoms with Crippen molar-refractivity contribution in [1.29, 1.82) is 0 Å². The largest absolute Gasteiger partial charge is 0.293 e. The van der Waals surface area contributed by atoms with Gasteiger partial charge in [0.15, 0.2) is 0 Å². The molecule has 0 unspecified atom stereocenters. The number of hydrogen-bond acceptors (Lipinski definition) is 1. The molecule has 0 radical (unpaired) electrons. The monoisotopic (exact) mass is 112 g/mol. The Kier molecular flexibility index (Phi) is 2.63. The lowest BCUT2D eigenvalue weighted by molar-refractivity contribution is -0.127. The molecule has 0 N–H and O–H groups in total. The number of carbonyl (C=O) groups is 1. The molecule has 8 heavy (non-hydrogen) atoms. The minimum absolute atomic E-state index is 0.0685. The Balaban J connectivity index is 3.52. The minimum atomic E-state index is -0.0685. The highest BCUT2D eigenvalue weighted by atomic mass is 16.2. The third-order valence-corrected chi connectivity index (χ3v) is 0.820. The van der Waals surface area contributed by atoms with Crippen LogP contribution >= 0.6 is 0 Å².